The number of hydrogen-bond donors (Lipinski definition) is 2. The Bertz CT molecular complexity index is 632. The third kappa shape index (κ3) is 2.62. The van der Waals surface area contributed by atoms with Crippen LogP contribution in [0.2, 0.25) is 0 Å². The van der Waals surface area contributed by atoms with Crippen molar-refractivity contribution in [2.75, 3.05) is 12.4 Å². The largest absolute Gasteiger partial charge is 0.373 e. The van der Waals surface area contributed by atoms with E-state index in [1.807, 2.05) is 7.05 Å². The van der Waals surface area contributed by atoms with Crippen LogP contribution >= 0.6 is 11.8 Å². The Balaban J connectivity index is 2.45. The van der Waals surface area contributed by atoms with Gasteiger partial charge in [-0.2, -0.15) is 0 Å². The van der Waals surface area contributed by atoms with Crippen LogP contribution in [0.5, 0.6) is 0 Å². The van der Waals surface area contributed by atoms with Crippen molar-refractivity contribution in [1.29, 1.82) is 0 Å². The Morgan fingerprint density at radius 2 is 2.16 bits per heavy atom. The van der Waals surface area contributed by atoms with Crippen LogP contribution in [-0.4, -0.2) is 31.8 Å². The van der Waals surface area contributed by atoms with Gasteiger partial charge in [0.25, 0.3) is 0 Å². The van der Waals surface area contributed by atoms with E-state index in [2.05, 4.69) is 39.3 Å². The number of anilines is 1. The molecule has 19 heavy (non-hydrogen) atoms. The molecule has 2 heterocycles. The summed E-state index contributed by atoms with van der Waals surface area (Å²) in [5, 5.41) is 10.8. The molecular weight excluding hydrogens is 264 g/mol. The van der Waals surface area contributed by atoms with Crippen LogP contribution in [0.4, 0.5) is 5.82 Å². The van der Waals surface area contributed by atoms with Gasteiger partial charge in [0.2, 0.25) is 0 Å². The minimum absolute atomic E-state index is 0.239. The standard InChI is InChI=1S/C11H16N6OS/c1-6(2)7-8(12-3)13-5-14-9(7)19-11-16-15-10(18)17(11)4/h5-6H,1-4H3,(H,15,18)(H,12,13,14). The number of hydrogen-bond acceptors (Lipinski definition) is 6. The number of rotatable bonds is 4. The van der Waals surface area contributed by atoms with Crippen LogP contribution in [0.15, 0.2) is 21.3 Å². The van der Waals surface area contributed by atoms with Crippen molar-refractivity contribution in [2.24, 2.45) is 7.05 Å². The smallest absolute Gasteiger partial charge is 0.343 e. The van der Waals surface area contributed by atoms with Crippen molar-refractivity contribution < 1.29 is 0 Å². The molecule has 0 aliphatic rings. The molecule has 0 saturated heterocycles. The summed E-state index contributed by atoms with van der Waals surface area (Å²) in [6.45, 7) is 4.15. The van der Waals surface area contributed by atoms with Gasteiger partial charge in [0.05, 0.1) is 0 Å². The van der Waals surface area contributed by atoms with Crippen LogP contribution in [0.1, 0.15) is 25.3 Å². The minimum atomic E-state index is -0.239. The highest BCUT2D eigenvalue weighted by Crippen LogP contribution is 2.33. The molecular formula is C11H16N6OS. The lowest BCUT2D eigenvalue weighted by atomic mass is 10.1. The van der Waals surface area contributed by atoms with Gasteiger partial charge >= 0.3 is 5.69 Å². The molecule has 0 radical (unpaired) electrons. The minimum Gasteiger partial charge on any atom is -0.373 e. The summed E-state index contributed by atoms with van der Waals surface area (Å²) in [6, 6.07) is 0. The van der Waals surface area contributed by atoms with Gasteiger partial charge in [-0.15, -0.1) is 5.10 Å². The van der Waals surface area contributed by atoms with Gasteiger partial charge in [-0.25, -0.2) is 19.9 Å². The van der Waals surface area contributed by atoms with Crippen molar-refractivity contribution >= 4 is 17.6 Å². The Kier molecular flexibility index (Phi) is 3.89. The summed E-state index contributed by atoms with van der Waals surface area (Å²) < 4.78 is 1.45. The Labute approximate surface area is 114 Å². The highest BCUT2D eigenvalue weighted by atomic mass is 32.2. The lowest BCUT2D eigenvalue weighted by Crippen LogP contribution is -2.13. The molecule has 0 bridgehead atoms. The first-order valence-electron chi connectivity index (χ1n) is 5.86. The summed E-state index contributed by atoms with van der Waals surface area (Å²) in [7, 11) is 3.50. The quantitative estimate of drug-likeness (QED) is 0.819. The SMILES string of the molecule is CNc1ncnc(Sc2n[nH]c(=O)n2C)c1C(C)C. The van der Waals surface area contributed by atoms with Gasteiger partial charge in [0.15, 0.2) is 5.16 Å². The maximum Gasteiger partial charge on any atom is 0.343 e. The first-order valence-corrected chi connectivity index (χ1v) is 6.68. The molecule has 2 rings (SSSR count). The molecule has 0 amide bonds. The lowest BCUT2D eigenvalue weighted by Gasteiger charge is -2.14. The fourth-order valence-corrected chi connectivity index (χ4v) is 2.72. The van der Waals surface area contributed by atoms with Crippen molar-refractivity contribution in [3.8, 4) is 0 Å². The molecule has 0 spiro atoms. The average Bonchev–Trinajstić information content (AvgIpc) is 2.70. The summed E-state index contributed by atoms with van der Waals surface area (Å²) in [4.78, 5) is 19.9. The molecule has 0 aromatic carbocycles. The molecule has 8 heteroatoms. The molecule has 0 aliphatic carbocycles. The second-order valence-corrected chi connectivity index (χ2v) is 5.27. The number of H-pyrrole nitrogens is 1. The van der Waals surface area contributed by atoms with Crippen LogP contribution < -0.4 is 11.0 Å². The maximum absolute atomic E-state index is 11.4. The van der Waals surface area contributed by atoms with E-state index in [0.717, 1.165) is 16.4 Å². The van der Waals surface area contributed by atoms with Crippen molar-refractivity contribution in [1.82, 2.24) is 24.7 Å². The molecule has 0 atom stereocenters. The van der Waals surface area contributed by atoms with Gasteiger partial charge in [-0.1, -0.05) is 13.8 Å². The van der Waals surface area contributed by atoms with Crippen molar-refractivity contribution in [2.45, 2.75) is 29.9 Å². The summed E-state index contributed by atoms with van der Waals surface area (Å²) in [5.74, 6) is 1.06. The normalized spacial score (nSPS) is 11.0. The van der Waals surface area contributed by atoms with Gasteiger partial charge < -0.3 is 5.32 Å². The third-order valence-electron chi connectivity index (χ3n) is 2.69. The van der Waals surface area contributed by atoms with Crippen LogP contribution in [-0.2, 0) is 7.05 Å². The van der Waals surface area contributed by atoms with Crippen molar-refractivity contribution in [3.63, 3.8) is 0 Å². The van der Waals surface area contributed by atoms with Gasteiger partial charge in [0, 0.05) is 19.7 Å². The fraction of sp³-hybridized carbons (Fsp3) is 0.455. The van der Waals surface area contributed by atoms with Crippen LogP contribution in [0, 0.1) is 0 Å². The van der Waals surface area contributed by atoms with E-state index in [-0.39, 0.29) is 11.6 Å². The van der Waals surface area contributed by atoms with Crippen LogP contribution in [0.25, 0.3) is 0 Å². The van der Waals surface area contributed by atoms with E-state index in [4.69, 9.17) is 0 Å². The van der Waals surface area contributed by atoms with Crippen molar-refractivity contribution in [3.05, 3.63) is 22.4 Å². The second kappa shape index (κ2) is 5.43. The zero-order valence-electron chi connectivity index (χ0n) is 11.3. The molecule has 0 fully saturated rings. The first-order chi connectivity index (χ1) is 9.04. The number of aromatic nitrogens is 5. The Morgan fingerprint density at radius 3 is 2.68 bits per heavy atom. The topological polar surface area (TPSA) is 88.5 Å². The lowest BCUT2D eigenvalue weighted by molar-refractivity contribution is 0.759. The molecule has 0 unspecified atom stereocenters. The van der Waals surface area contributed by atoms with Gasteiger partial charge in [0.1, 0.15) is 17.2 Å². The zero-order valence-corrected chi connectivity index (χ0v) is 12.1. The van der Waals surface area contributed by atoms with E-state index in [1.165, 1.54) is 22.7 Å². The Hall–Kier alpha value is -1.83. The molecule has 2 N–H and O–H groups in total. The monoisotopic (exact) mass is 280 g/mol. The Morgan fingerprint density at radius 1 is 1.42 bits per heavy atom. The third-order valence-corrected chi connectivity index (χ3v) is 3.75. The highest BCUT2D eigenvalue weighted by molar-refractivity contribution is 7.99. The summed E-state index contributed by atoms with van der Waals surface area (Å²) >= 11 is 1.35. The summed E-state index contributed by atoms with van der Waals surface area (Å²) in [5.41, 5.74) is 0.780. The van der Waals surface area contributed by atoms with Gasteiger partial charge in [-0.3, -0.25) is 4.57 Å². The second-order valence-electron chi connectivity index (χ2n) is 4.32. The molecule has 0 aliphatic heterocycles. The predicted molar refractivity (Wildman–Crippen MR) is 73.6 cm³/mol. The number of nitrogens with one attached hydrogen (secondary N) is 2. The fourth-order valence-electron chi connectivity index (χ4n) is 1.69. The van der Waals surface area contributed by atoms with E-state index >= 15 is 0 Å². The number of nitrogens with zero attached hydrogens (tertiary/aromatic N) is 4. The maximum atomic E-state index is 11.4. The first kappa shape index (κ1) is 13.6. The predicted octanol–water partition coefficient (Wildman–Crippen LogP) is 1.21. The molecule has 2 aromatic heterocycles. The van der Waals surface area contributed by atoms with Crippen LogP contribution in [0.3, 0.4) is 0 Å². The van der Waals surface area contributed by atoms with E-state index in [1.54, 1.807) is 7.05 Å². The highest BCUT2D eigenvalue weighted by Gasteiger charge is 2.17. The van der Waals surface area contributed by atoms with E-state index in [0.29, 0.717) is 5.16 Å². The zero-order chi connectivity index (χ0) is 14.0. The van der Waals surface area contributed by atoms with E-state index in [9.17, 15) is 4.79 Å². The summed E-state index contributed by atoms with van der Waals surface area (Å²) in [6.07, 6.45) is 1.50. The molecule has 102 valence electrons. The number of aromatic amines is 1. The molecule has 7 nitrogen and oxygen atoms in total. The average molecular weight is 280 g/mol. The van der Waals surface area contributed by atoms with E-state index < -0.39 is 0 Å². The molecule has 0 saturated carbocycles. The molecule has 2 aromatic rings. The van der Waals surface area contributed by atoms with Gasteiger partial charge in [-0.05, 0) is 17.7 Å².